The smallest absolute Gasteiger partial charge is 0.269 e. The van der Waals surface area contributed by atoms with Crippen molar-refractivity contribution < 1.29 is 4.79 Å². The molecule has 0 unspecified atom stereocenters. The molecule has 0 radical (unpaired) electrons. The van der Waals surface area contributed by atoms with Gasteiger partial charge in [0.1, 0.15) is 0 Å². The molecule has 96 valence electrons. The van der Waals surface area contributed by atoms with Crippen LogP contribution in [-0.2, 0) is 13.0 Å². The summed E-state index contributed by atoms with van der Waals surface area (Å²) in [6, 6.07) is 12.1. The molecule has 1 aromatic carbocycles. The molecule has 3 rings (SSSR count). The van der Waals surface area contributed by atoms with Crippen molar-refractivity contribution in [2.24, 2.45) is 5.73 Å². The molecule has 4 nitrogen and oxygen atoms in total. The fraction of sp³-hybridized carbons (Fsp3) is 0.200. The summed E-state index contributed by atoms with van der Waals surface area (Å²) in [7, 11) is 0. The topological polar surface area (TPSA) is 59.2 Å². The van der Waals surface area contributed by atoms with Crippen LogP contribution in [0.25, 0.3) is 0 Å². The van der Waals surface area contributed by atoms with Crippen molar-refractivity contribution in [3.8, 4) is 0 Å². The van der Waals surface area contributed by atoms with E-state index >= 15 is 0 Å². The molecule has 2 heterocycles. The maximum absolute atomic E-state index is 11.4. The lowest BCUT2D eigenvalue weighted by atomic mass is 9.99. The van der Waals surface area contributed by atoms with Gasteiger partial charge in [0.15, 0.2) is 5.69 Å². The zero-order valence-electron chi connectivity index (χ0n) is 10.5. The summed E-state index contributed by atoms with van der Waals surface area (Å²) in [5, 5.41) is 0. The number of aromatic nitrogens is 1. The van der Waals surface area contributed by atoms with E-state index in [2.05, 4.69) is 28.1 Å². The molecule has 1 aliphatic rings. The predicted molar refractivity (Wildman–Crippen MR) is 74.0 cm³/mol. The summed E-state index contributed by atoms with van der Waals surface area (Å²) in [6.45, 7) is 1.67. The molecule has 0 spiro atoms. The highest BCUT2D eigenvalue weighted by Crippen LogP contribution is 2.25. The first-order valence-electron chi connectivity index (χ1n) is 6.32. The highest BCUT2D eigenvalue weighted by atomic mass is 16.1. The first kappa shape index (κ1) is 11.7. The maximum Gasteiger partial charge on any atom is 0.269 e. The maximum atomic E-state index is 11.4. The van der Waals surface area contributed by atoms with E-state index in [1.165, 1.54) is 11.1 Å². The van der Waals surface area contributed by atoms with Crippen LogP contribution in [0.3, 0.4) is 0 Å². The normalized spacial score (nSPS) is 14.0. The van der Waals surface area contributed by atoms with Gasteiger partial charge in [-0.3, -0.25) is 4.79 Å². The summed E-state index contributed by atoms with van der Waals surface area (Å²) in [6.07, 6.45) is 2.57. The van der Waals surface area contributed by atoms with E-state index in [4.69, 9.17) is 5.73 Å². The molecular weight excluding hydrogens is 238 g/mol. The van der Waals surface area contributed by atoms with Gasteiger partial charge in [-0.25, -0.2) is 4.98 Å². The standard InChI is InChI=1S/C15H15N3O/c16-15(19)14-13(6-3-8-17-14)18-9-7-11-4-1-2-5-12(11)10-18/h1-6,8H,7,9-10H2,(H2,16,19). The number of pyridine rings is 1. The van der Waals surface area contributed by atoms with Gasteiger partial charge in [-0.15, -0.1) is 0 Å². The first-order valence-corrected chi connectivity index (χ1v) is 6.32. The Morgan fingerprint density at radius 1 is 1.16 bits per heavy atom. The Bertz CT molecular complexity index is 624. The highest BCUT2D eigenvalue weighted by Gasteiger charge is 2.20. The first-order chi connectivity index (χ1) is 9.25. The van der Waals surface area contributed by atoms with E-state index in [1.54, 1.807) is 6.20 Å². The van der Waals surface area contributed by atoms with E-state index in [0.717, 1.165) is 25.2 Å². The highest BCUT2D eigenvalue weighted by molar-refractivity contribution is 5.96. The van der Waals surface area contributed by atoms with Crippen molar-refractivity contribution in [1.82, 2.24) is 4.98 Å². The Hall–Kier alpha value is -2.36. The minimum absolute atomic E-state index is 0.349. The number of hydrogen-bond acceptors (Lipinski definition) is 3. The van der Waals surface area contributed by atoms with E-state index in [-0.39, 0.29) is 0 Å². The quantitative estimate of drug-likeness (QED) is 0.887. The molecule has 19 heavy (non-hydrogen) atoms. The van der Waals surface area contributed by atoms with Gasteiger partial charge >= 0.3 is 0 Å². The second kappa shape index (κ2) is 4.72. The van der Waals surface area contributed by atoms with Crippen LogP contribution in [0.2, 0.25) is 0 Å². The van der Waals surface area contributed by atoms with Crippen LogP contribution in [0.1, 0.15) is 21.6 Å². The van der Waals surface area contributed by atoms with Gasteiger partial charge in [-0.1, -0.05) is 24.3 Å². The molecule has 0 bridgehead atoms. The van der Waals surface area contributed by atoms with Crippen LogP contribution in [0.15, 0.2) is 42.6 Å². The number of anilines is 1. The third kappa shape index (κ3) is 2.17. The van der Waals surface area contributed by atoms with E-state index < -0.39 is 5.91 Å². The monoisotopic (exact) mass is 253 g/mol. The van der Waals surface area contributed by atoms with Gasteiger partial charge in [0, 0.05) is 19.3 Å². The van der Waals surface area contributed by atoms with Crippen LogP contribution in [0.5, 0.6) is 0 Å². The minimum atomic E-state index is -0.477. The summed E-state index contributed by atoms with van der Waals surface area (Å²) < 4.78 is 0. The molecule has 0 atom stereocenters. The zero-order valence-corrected chi connectivity index (χ0v) is 10.5. The SMILES string of the molecule is NC(=O)c1ncccc1N1CCc2ccccc2C1. The average molecular weight is 253 g/mol. The molecular formula is C15H15N3O. The summed E-state index contributed by atoms with van der Waals surface area (Å²) in [4.78, 5) is 17.7. The van der Waals surface area contributed by atoms with Crippen molar-refractivity contribution in [2.45, 2.75) is 13.0 Å². The number of nitrogens with zero attached hydrogens (tertiary/aromatic N) is 2. The Balaban J connectivity index is 1.95. The van der Waals surface area contributed by atoms with Gasteiger partial charge < -0.3 is 10.6 Å². The number of primary amides is 1. The van der Waals surface area contributed by atoms with Crippen molar-refractivity contribution >= 4 is 11.6 Å². The lowest BCUT2D eigenvalue weighted by Gasteiger charge is -2.31. The molecule has 0 fully saturated rings. The Morgan fingerprint density at radius 3 is 2.74 bits per heavy atom. The predicted octanol–water partition coefficient (Wildman–Crippen LogP) is 1.74. The van der Waals surface area contributed by atoms with E-state index in [9.17, 15) is 4.79 Å². The summed E-state index contributed by atoms with van der Waals surface area (Å²) in [5.74, 6) is -0.477. The van der Waals surface area contributed by atoms with Gasteiger partial charge in [0.2, 0.25) is 0 Å². The number of amides is 1. The van der Waals surface area contributed by atoms with Crippen molar-refractivity contribution in [1.29, 1.82) is 0 Å². The van der Waals surface area contributed by atoms with Crippen LogP contribution in [0, 0.1) is 0 Å². The minimum Gasteiger partial charge on any atom is -0.365 e. The van der Waals surface area contributed by atoms with Gasteiger partial charge in [0.05, 0.1) is 5.69 Å². The van der Waals surface area contributed by atoms with Crippen molar-refractivity contribution in [3.05, 3.63) is 59.4 Å². The van der Waals surface area contributed by atoms with Crippen LogP contribution in [-0.4, -0.2) is 17.4 Å². The van der Waals surface area contributed by atoms with Crippen molar-refractivity contribution in [2.75, 3.05) is 11.4 Å². The molecule has 1 amide bonds. The molecule has 1 aromatic heterocycles. The summed E-state index contributed by atoms with van der Waals surface area (Å²) in [5.41, 5.74) is 9.24. The van der Waals surface area contributed by atoms with Gasteiger partial charge in [0.25, 0.3) is 5.91 Å². The number of benzene rings is 1. The molecule has 0 saturated carbocycles. The van der Waals surface area contributed by atoms with Crippen LogP contribution < -0.4 is 10.6 Å². The number of nitrogens with two attached hydrogens (primary N) is 1. The van der Waals surface area contributed by atoms with Gasteiger partial charge in [-0.2, -0.15) is 0 Å². The molecule has 0 aliphatic carbocycles. The second-order valence-electron chi connectivity index (χ2n) is 4.68. The number of fused-ring (bicyclic) bond motifs is 1. The third-order valence-electron chi connectivity index (χ3n) is 3.49. The lowest BCUT2D eigenvalue weighted by Crippen LogP contribution is -2.32. The number of hydrogen-bond donors (Lipinski definition) is 1. The molecule has 2 aromatic rings. The zero-order chi connectivity index (χ0) is 13.2. The van der Waals surface area contributed by atoms with Crippen LogP contribution in [0.4, 0.5) is 5.69 Å². The fourth-order valence-electron chi connectivity index (χ4n) is 2.54. The molecule has 1 aliphatic heterocycles. The second-order valence-corrected chi connectivity index (χ2v) is 4.68. The Kier molecular flexibility index (Phi) is 2.91. The van der Waals surface area contributed by atoms with Gasteiger partial charge in [-0.05, 0) is 29.7 Å². The molecule has 2 N–H and O–H groups in total. The average Bonchev–Trinajstić information content (AvgIpc) is 2.46. The number of carbonyl (C=O) groups is 1. The Labute approximate surface area is 111 Å². The number of rotatable bonds is 2. The van der Waals surface area contributed by atoms with Crippen LogP contribution >= 0.6 is 0 Å². The number of carbonyl (C=O) groups excluding carboxylic acids is 1. The summed E-state index contributed by atoms with van der Waals surface area (Å²) >= 11 is 0. The van der Waals surface area contributed by atoms with E-state index in [1.807, 2.05) is 18.2 Å². The molecule has 0 saturated heterocycles. The molecule has 4 heteroatoms. The Morgan fingerprint density at radius 2 is 1.95 bits per heavy atom. The fourth-order valence-corrected chi connectivity index (χ4v) is 2.54. The lowest BCUT2D eigenvalue weighted by molar-refractivity contribution is 0.0996. The van der Waals surface area contributed by atoms with E-state index in [0.29, 0.717) is 5.69 Å². The largest absolute Gasteiger partial charge is 0.365 e. The van der Waals surface area contributed by atoms with Crippen molar-refractivity contribution in [3.63, 3.8) is 0 Å². The third-order valence-corrected chi connectivity index (χ3v) is 3.49.